The van der Waals surface area contributed by atoms with Crippen LogP contribution in [0.4, 0.5) is 5.69 Å². The second kappa shape index (κ2) is 8.53. The van der Waals surface area contributed by atoms with Gasteiger partial charge in [0.2, 0.25) is 11.8 Å². The predicted octanol–water partition coefficient (Wildman–Crippen LogP) is 4.18. The number of hydrogen-bond donors (Lipinski definition) is 2. The van der Waals surface area contributed by atoms with Crippen LogP contribution in [0.2, 0.25) is 0 Å². The van der Waals surface area contributed by atoms with Crippen LogP contribution in [-0.2, 0) is 22.4 Å². The van der Waals surface area contributed by atoms with E-state index in [1.165, 1.54) is 17.5 Å². The number of aryl methyl sites for hydroxylation is 2. The van der Waals surface area contributed by atoms with E-state index in [9.17, 15) is 9.59 Å². The fraction of sp³-hybridized carbons (Fsp3) is 0.400. The average molecular weight is 417 g/mol. The Morgan fingerprint density at radius 2 is 1.94 bits per heavy atom. The van der Waals surface area contributed by atoms with E-state index in [0.29, 0.717) is 6.54 Å². The second-order valence-corrected chi connectivity index (χ2v) is 8.70. The van der Waals surface area contributed by atoms with Crippen molar-refractivity contribution < 1.29 is 9.59 Å². The van der Waals surface area contributed by atoms with Crippen molar-refractivity contribution in [2.24, 2.45) is 0 Å². The number of imidazole rings is 1. The minimum Gasteiger partial charge on any atom is -0.342 e. The Labute approximate surface area is 182 Å². The summed E-state index contributed by atoms with van der Waals surface area (Å²) in [5.41, 5.74) is 5.55. The summed E-state index contributed by atoms with van der Waals surface area (Å²) in [6.45, 7) is 1.41. The molecule has 0 spiro atoms. The number of hydrogen-bond acceptors (Lipinski definition) is 3. The van der Waals surface area contributed by atoms with Gasteiger partial charge < -0.3 is 15.2 Å². The van der Waals surface area contributed by atoms with Crippen LogP contribution in [-0.4, -0.2) is 39.8 Å². The molecule has 0 radical (unpaired) electrons. The van der Waals surface area contributed by atoms with Crippen molar-refractivity contribution in [3.63, 3.8) is 0 Å². The lowest BCUT2D eigenvalue weighted by atomic mass is 9.97. The number of rotatable bonds is 5. The molecule has 1 atom stereocenters. The van der Waals surface area contributed by atoms with E-state index >= 15 is 0 Å². The zero-order chi connectivity index (χ0) is 21.2. The van der Waals surface area contributed by atoms with Crippen molar-refractivity contribution in [2.45, 2.75) is 50.9 Å². The first-order valence-corrected chi connectivity index (χ1v) is 11.3. The number of para-hydroxylation sites is 2. The molecule has 2 N–H and O–H groups in total. The van der Waals surface area contributed by atoms with E-state index < -0.39 is 0 Å². The molecule has 31 heavy (non-hydrogen) atoms. The highest BCUT2D eigenvalue weighted by Crippen LogP contribution is 2.28. The summed E-state index contributed by atoms with van der Waals surface area (Å²) in [6, 6.07) is 14.1. The summed E-state index contributed by atoms with van der Waals surface area (Å²) in [6.07, 6.45) is 5.82. The van der Waals surface area contributed by atoms with Crippen LogP contribution in [0, 0.1) is 0 Å². The fourth-order valence-corrected chi connectivity index (χ4v) is 4.84. The number of piperidine rings is 1. The molecule has 2 aromatic carbocycles. The number of fused-ring (bicyclic) bond motifs is 2. The Morgan fingerprint density at radius 3 is 2.84 bits per heavy atom. The summed E-state index contributed by atoms with van der Waals surface area (Å²) in [7, 11) is 0. The zero-order valence-corrected chi connectivity index (χ0v) is 17.7. The lowest BCUT2D eigenvalue weighted by molar-refractivity contribution is -0.134. The number of nitrogens with one attached hydrogen (secondary N) is 2. The minimum absolute atomic E-state index is 0.0462. The topological polar surface area (TPSA) is 78.1 Å². The number of likely N-dealkylation sites (tertiary alicyclic amines) is 1. The standard InChI is InChI=1S/C25H28N4O2/c30-23(26-20-11-10-17-5-3-6-18(17)15-20)12-13-24(31)29-14-4-7-19(16-29)25-27-21-8-1-2-9-22(21)28-25/h1-2,8-11,15,19H,3-7,12-14,16H2,(H,26,30)(H,27,28). The first-order valence-electron chi connectivity index (χ1n) is 11.3. The van der Waals surface area contributed by atoms with Gasteiger partial charge >= 0.3 is 0 Å². The molecule has 2 amide bonds. The Hall–Kier alpha value is -3.15. The molecule has 0 saturated carbocycles. The molecule has 1 saturated heterocycles. The Kier molecular flexibility index (Phi) is 5.45. The minimum atomic E-state index is -0.0999. The smallest absolute Gasteiger partial charge is 0.224 e. The van der Waals surface area contributed by atoms with Crippen LogP contribution in [0.1, 0.15) is 55.0 Å². The molecular formula is C25H28N4O2. The molecule has 1 aliphatic heterocycles. The lowest BCUT2D eigenvalue weighted by Gasteiger charge is -2.32. The zero-order valence-electron chi connectivity index (χ0n) is 17.7. The van der Waals surface area contributed by atoms with Gasteiger partial charge in [0.05, 0.1) is 11.0 Å². The summed E-state index contributed by atoms with van der Waals surface area (Å²) in [4.78, 5) is 35.2. The van der Waals surface area contributed by atoms with E-state index in [1.54, 1.807) is 0 Å². The van der Waals surface area contributed by atoms with Crippen LogP contribution in [0.3, 0.4) is 0 Å². The average Bonchev–Trinajstić information content (AvgIpc) is 3.44. The highest BCUT2D eigenvalue weighted by Gasteiger charge is 2.27. The highest BCUT2D eigenvalue weighted by atomic mass is 16.2. The number of benzene rings is 2. The van der Waals surface area contributed by atoms with Crippen molar-refractivity contribution in [3.05, 3.63) is 59.4 Å². The van der Waals surface area contributed by atoms with Gasteiger partial charge in [-0.3, -0.25) is 9.59 Å². The molecule has 2 heterocycles. The summed E-state index contributed by atoms with van der Waals surface area (Å²) in [5.74, 6) is 1.11. The quantitative estimate of drug-likeness (QED) is 0.655. The van der Waals surface area contributed by atoms with E-state index in [1.807, 2.05) is 35.2 Å². The molecule has 6 nitrogen and oxygen atoms in total. The molecule has 1 aromatic heterocycles. The van der Waals surface area contributed by atoms with Gasteiger partial charge in [-0.2, -0.15) is 0 Å². The van der Waals surface area contributed by atoms with Gasteiger partial charge in [0.25, 0.3) is 0 Å². The summed E-state index contributed by atoms with van der Waals surface area (Å²) < 4.78 is 0. The summed E-state index contributed by atoms with van der Waals surface area (Å²) >= 11 is 0. The van der Waals surface area contributed by atoms with Gasteiger partial charge in [0, 0.05) is 37.5 Å². The van der Waals surface area contributed by atoms with Crippen molar-refractivity contribution >= 4 is 28.5 Å². The highest BCUT2D eigenvalue weighted by molar-refractivity contribution is 5.93. The molecule has 5 rings (SSSR count). The number of aromatic nitrogens is 2. The molecule has 0 bridgehead atoms. The maximum Gasteiger partial charge on any atom is 0.224 e. The van der Waals surface area contributed by atoms with E-state index in [0.717, 1.165) is 54.8 Å². The Balaban J connectivity index is 1.15. The Bertz CT molecular complexity index is 1090. The number of anilines is 1. The van der Waals surface area contributed by atoms with Gasteiger partial charge in [-0.25, -0.2) is 4.98 Å². The number of carbonyl (C=O) groups excluding carboxylic acids is 2. The number of aromatic amines is 1. The lowest BCUT2D eigenvalue weighted by Crippen LogP contribution is -2.39. The van der Waals surface area contributed by atoms with E-state index in [-0.39, 0.29) is 30.6 Å². The van der Waals surface area contributed by atoms with E-state index in [2.05, 4.69) is 22.4 Å². The molecular weight excluding hydrogens is 388 g/mol. The first kappa shape index (κ1) is 19.8. The third-order valence-corrected chi connectivity index (χ3v) is 6.52. The van der Waals surface area contributed by atoms with Gasteiger partial charge in [-0.05, 0) is 67.5 Å². The van der Waals surface area contributed by atoms with Gasteiger partial charge in [0.1, 0.15) is 5.82 Å². The van der Waals surface area contributed by atoms with Crippen LogP contribution < -0.4 is 5.32 Å². The molecule has 3 aromatic rings. The number of nitrogens with zero attached hydrogens (tertiary/aromatic N) is 2. The maximum absolute atomic E-state index is 12.8. The molecule has 1 fully saturated rings. The molecule has 1 aliphatic carbocycles. The monoisotopic (exact) mass is 416 g/mol. The first-order chi connectivity index (χ1) is 15.2. The van der Waals surface area contributed by atoms with Crippen molar-refractivity contribution in [1.29, 1.82) is 0 Å². The van der Waals surface area contributed by atoms with Crippen molar-refractivity contribution in [1.82, 2.24) is 14.9 Å². The SMILES string of the molecule is O=C(CCC(=O)N1CCCC(c2nc3ccccc3[nH]2)C1)Nc1ccc2c(c1)CCC2. The fourth-order valence-electron chi connectivity index (χ4n) is 4.84. The molecule has 6 heteroatoms. The van der Waals surface area contributed by atoms with Gasteiger partial charge in [0.15, 0.2) is 0 Å². The predicted molar refractivity (Wildman–Crippen MR) is 121 cm³/mol. The van der Waals surface area contributed by atoms with Gasteiger partial charge in [-0.1, -0.05) is 18.2 Å². The number of amides is 2. The molecule has 1 unspecified atom stereocenters. The van der Waals surface area contributed by atoms with Gasteiger partial charge in [-0.15, -0.1) is 0 Å². The van der Waals surface area contributed by atoms with Crippen molar-refractivity contribution in [3.8, 4) is 0 Å². The normalized spacial score (nSPS) is 18.2. The van der Waals surface area contributed by atoms with Crippen LogP contribution in [0.15, 0.2) is 42.5 Å². The third-order valence-electron chi connectivity index (χ3n) is 6.52. The van der Waals surface area contributed by atoms with Crippen molar-refractivity contribution in [2.75, 3.05) is 18.4 Å². The van der Waals surface area contributed by atoms with Crippen LogP contribution in [0.5, 0.6) is 0 Å². The third kappa shape index (κ3) is 4.33. The van der Waals surface area contributed by atoms with E-state index in [4.69, 9.17) is 4.98 Å². The Morgan fingerprint density at radius 1 is 1.06 bits per heavy atom. The van der Waals surface area contributed by atoms with Crippen LogP contribution >= 0.6 is 0 Å². The van der Waals surface area contributed by atoms with Crippen LogP contribution in [0.25, 0.3) is 11.0 Å². The second-order valence-electron chi connectivity index (χ2n) is 8.70. The molecule has 2 aliphatic rings. The maximum atomic E-state index is 12.8. The number of carbonyl (C=O) groups is 2. The summed E-state index contributed by atoms with van der Waals surface area (Å²) in [5, 5.41) is 2.95. The number of H-pyrrole nitrogens is 1. The molecule has 160 valence electrons. The largest absolute Gasteiger partial charge is 0.342 e.